The van der Waals surface area contributed by atoms with Crippen molar-refractivity contribution in [2.24, 2.45) is 0 Å². The zero-order valence-electron chi connectivity index (χ0n) is 9.17. The molecule has 0 spiro atoms. The predicted molar refractivity (Wildman–Crippen MR) is 64.5 cm³/mol. The molecule has 2 N–H and O–H groups in total. The molecule has 0 aliphatic rings. The number of halogens is 4. The lowest BCUT2D eigenvalue weighted by molar-refractivity contribution is -0.388. The average molecular weight is 354 g/mol. The van der Waals surface area contributed by atoms with Gasteiger partial charge in [0.1, 0.15) is 0 Å². The molecule has 20 heavy (non-hydrogen) atoms. The quantitative estimate of drug-likeness (QED) is 0.463. The molecule has 1 heterocycles. The minimum absolute atomic E-state index is 0.376. The third-order valence-electron chi connectivity index (χ3n) is 2.41. The van der Waals surface area contributed by atoms with Gasteiger partial charge in [-0.15, -0.1) is 0 Å². The summed E-state index contributed by atoms with van der Waals surface area (Å²) in [6, 6.07) is 0.917. The van der Waals surface area contributed by atoms with Crippen molar-refractivity contribution in [2.75, 3.05) is 0 Å². The maximum absolute atomic E-state index is 13.0. The van der Waals surface area contributed by atoms with Crippen LogP contribution in [0.1, 0.15) is 5.56 Å². The highest BCUT2D eigenvalue weighted by Crippen LogP contribution is 2.43. The molecule has 1 aromatic heterocycles. The first-order valence-electron chi connectivity index (χ1n) is 4.83. The second-order valence-corrected chi connectivity index (χ2v) is 4.52. The van der Waals surface area contributed by atoms with Crippen LogP contribution in [-0.4, -0.2) is 14.9 Å². The number of aromatic amines is 2. The Morgan fingerprint density at radius 1 is 1.20 bits per heavy atom. The van der Waals surface area contributed by atoms with Crippen molar-refractivity contribution in [1.82, 2.24) is 9.97 Å². The molecule has 0 radical (unpaired) electrons. The summed E-state index contributed by atoms with van der Waals surface area (Å²) < 4.78 is 38.6. The number of H-pyrrole nitrogens is 2. The van der Waals surface area contributed by atoms with Gasteiger partial charge in [0.2, 0.25) is 0 Å². The van der Waals surface area contributed by atoms with Crippen molar-refractivity contribution >= 4 is 32.7 Å². The number of hydrogen-bond donors (Lipinski definition) is 2. The molecule has 0 aliphatic carbocycles. The van der Waals surface area contributed by atoms with E-state index in [1.54, 1.807) is 4.98 Å². The van der Waals surface area contributed by atoms with Gasteiger partial charge >= 0.3 is 17.3 Å². The fourth-order valence-electron chi connectivity index (χ4n) is 1.67. The van der Waals surface area contributed by atoms with Crippen LogP contribution in [0.25, 0.3) is 11.0 Å². The van der Waals surface area contributed by atoms with Gasteiger partial charge in [-0.1, -0.05) is 0 Å². The molecule has 2 rings (SSSR count). The first-order chi connectivity index (χ1) is 9.12. The number of alkyl halides is 3. The summed E-state index contributed by atoms with van der Waals surface area (Å²) in [6.45, 7) is 0. The van der Waals surface area contributed by atoms with E-state index in [0.29, 0.717) is 0 Å². The topological polar surface area (TPSA) is 109 Å². The van der Waals surface area contributed by atoms with Crippen LogP contribution < -0.4 is 11.1 Å². The fourth-order valence-corrected chi connectivity index (χ4v) is 2.24. The van der Waals surface area contributed by atoms with Gasteiger partial charge in [-0.3, -0.25) is 19.7 Å². The molecule has 0 atom stereocenters. The monoisotopic (exact) mass is 353 g/mol. The number of aromatic nitrogens is 2. The van der Waals surface area contributed by atoms with Crippen LogP contribution in [0.5, 0.6) is 0 Å². The number of nitro benzene ring substituents is 1. The molecule has 2 aromatic rings. The van der Waals surface area contributed by atoms with E-state index in [2.05, 4.69) is 15.9 Å². The molecule has 0 saturated heterocycles. The van der Waals surface area contributed by atoms with Gasteiger partial charge in [0, 0.05) is 0 Å². The Bertz CT molecular complexity index is 839. The SMILES string of the molecule is O=c1[nH]c2cc(Br)c([N+](=O)[O-])c(C(F)(F)F)c2[nH]c1=O. The van der Waals surface area contributed by atoms with Gasteiger partial charge < -0.3 is 9.97 Å². The van der Waals surface area contributed by atoms with E-state index >= 15 is 0 Å². The summed E-state index contributed by atoms with van der Waals surface area (Å²) in [4.78, 5) is 35.4. The Hall–Kier alpha value is -2.17. The highest BCUT2D eigenvalue weighted by molar-refractivity contribution is 9.10. The summed E-state index contributed by atoms with van der Waals surface area (Å²) in [6.07, 6.45) is -5.09. The van der Waals surface area contributed by atoms with Crippen molar-refractivity contribution in [3.8, 4) is 0 Å². The van der Waals surface area contributed by atoms with E-state index in [4.69, 9.17) is 0 Å². The van der Waals surface area contributed by atoms with Gasteiger partial charge in [-0.25, -0.2) is 0 Å². The molecular weight excluding hydrogens is 351 g/mol. The second-order valence-electron chi connectivity index (χ2n) is 3.67. The lowest BCUT2D eigenvalue weighted by Gasteiger charge is -2.11. The Balaban J connectivity index is 3.12. The Morgan fingerprint density at radius 2 is 1.75 bits per heavy atom. The smallest absolute Gasteiger partial charge is 0.316 e. The van der Waals surface area contributed by atoms with Gasteiger partial charge in [0.05, 0.1) is 20.4 Å². The van der Waals surface area contributed by atoms with E-state index < -0.39 is 43.5 Å². The van der Waals surface area contributed by atoms with E-state index in [1.807, 2.05) is 4.98 Å². The zero-order valence-corrected chi connectivity index (χ0v) is 10.8. The number of nitro groups is 1. The number of nitrogens with one attached hydrogen (secondary N) is 2. The summed E-state index contributed by atoms with van der Waals surface area (Å²) >= 11 is 2.65. The minimum atomic E-state index is -5.09. The third-order valence-corrected chi connectivity index (χ3v) is 3.02. The molecule has 1 aromatic carbocycles. The van der Waals surface area contributed by atoms with Gasteiger partial charge in [0.15, 0.2) is 5.56 Å². The summed E-state index contributed by atoms with van der Waals surface area (Å²) in [5, 5.41) is 10.8. The summed E-state index contributed by atoms with van der Waals surface area (Å²) in [5.74, 6) is 0. The van der Waals surface area contributed by atoms with Crippen LogP contribution >= 0.6 is 15.9 Å². The molecule has 0 saturated carbocycles. The molecule has 0 fully saturated rings. The number of fused-ring (bicyclic) bond motifs is 1. The molecule has 0 bridgehead atoms. The lowest BCUT2D eigenvalue weighted by atomic mass is 10.1. The number of rotatable bonds is 1. The third kappa shape index (κ3) is 2.19. The molecule has 0 aliphatic heterocycles. The average Bonchev–Trinajstić information content (AvgIpc) is 2.28. The normalized spacial score (nSPS) is 11.8. The zero-order chi connectivity index (χ0) is 15.2. The standard InChI is InChI=1S/C9H3BrF3N3O4/c10-2-1-3-5(15-8(18)7(17)14-3)4(9(11,12)13)6(2)16(19)20/h1H,(H,14,17)(H,15,18). The van der Waals surface area contributed by atoms with E-state index in [-0.39, 0.29) is 5.52 Å². The van der Waals surface area contributed by atoms with Crippen molar-refractivity contribution < 1.29 is 18.1 Å². The van der Waals surface area contributed by atoms with Crippen LogP contribution in [-0.2, 0) is 6.18 Å². The lowest BCUT2D eigenvalue weighted by Crippen LogP contribution is -2.30. The van der Waals surface area contributed by atoms with Crippen LogP contribution in [0.15, 0.2) is 20.1 Å². The number of nitrogens with zero attached hydrogens (tertiary/aromatic N) is 1. The van der Waals surface area contributed by atoms with Crippen LogP contribution in [0, 0.1) is 10.1 Å². The van der Waals surface area contributed by atoms with E-state index in [0.717, 1.165) is 6.07 Å². The van der Waals surface area contributed by atoms with Gasteiger partial charge in [-0.05, 0) is 22.0 Å². The van der Waals surface area contributed by atoms with Crippen LogP contribution in [0.2, 0.25) is 0 Å². The Kier molecular flexibility index (Phi) is 3.16. The first-order valence-corrected chi connectivity index (χ1v) is 5.62. The van der Waals surface area contributed by atoms with E-state index in [1.165, 1.54) is 0 Å². The largest absolute Gasteiger partial charge is 0.425 e. The highest BCUT2D eigenvalue weighted by atomic mass is 79.9. The molecule has 0 amide bonds. The van der Waals surface area contributed by atoms with Crippen LogP contribution in [0.4, 0.5) is 18.9 Å². The van der Waals surface area contributed by atoms with Crippen molar-refractivity contribution in [3.63, 3.8) is 0 Å². The van der Waals surface area contributed by atoms with E-state index in [9.17, 15) is 32.9 Å². The summed E-state index contributed by atoms with van der Waals surface area (Å²) in [7, 11) is 0. The second kappa shape index (κ2) is 4.44. The van der Waals surface area contributed by atoms with Gasteiger partial charge in [0.25, 0.3) is 5.69 Å². The molecule has 106 valence electrons. The Labute approximate surface area is 114 Å². The highest BCUT2D eigenvalue weighted by Gasteiger charge is 2.42. The Morgan fingerprint density at radius 3 is 2.25 bits per heavy atom. The molecule has 7 nitrogen and oxygen atoms in total. The first kappa shape index (κ1) is 14.2. The fraction of sp³-hybridized carbons (Fsp3) is 0.111. The number of hydrogen-bond acceptors (Lipinski definition) is 4. The maximum atomic E-state index is 13.0. The minimum Gasteiger partial charge on any atom is -0.316 e. The molecular formula is C9H3BrF3N3O4. The molecule has 11 heteroatoms. The molecule has 0 unspecified atom stereocenters. The van der Waals surface area contributed by atoms with Crippen molar-refractivity contribution in [3.05, 3.63) is 46.9 Å². The number of benzene rings is 1. The van der Waals surface area contributed by atoms with Crippen LogP contribution in [0.3, 0.4) is 0 Å². The maximum Gasteiger partial charge on any atom is 0.425 e. The van der Waals surface area contributed by atoms with Gasteiger partial charge in [-0.2, -0.15) is 13.2 Å². The van der Waals surface area contributed by atoms with Crippen molar-refractivity contribution in [1.29, 1.82) is 0 Å². The van der Waals surface area contributed by atoms with Crippen molar-refractivity contribution in [2.45, 2.75) is 6.18 Å². The summed E-state index contributed by atoms with van der Waals surface area (Å²) in [5.41, 5.74) is -6.60. The predicted octanol–water partition coefficient (Wildman–Crippen LogP) is 1.91.